The molecule has 0 aliphatic heterocycles. The SMILES string of the molecule is CCOc1ccc(C(Br)c2sccc2Cl)cc1. The predicted molar refractivity (Wildman–Crippen MR) is 77.7 cm³/mol. The molecule has 4 heteroatoms. The van der Waals surface area contributed by atoms with Crippen LogP contribution in [0.4, 0.5) is 0 Å². The van der Waals surface area contributed by atoms with Gasteiger partial charge in [-0.15, -0.1) is 11.3 Å². The van der Waals surface area contributed by atoms with Crippen LogP contribution in [0.25, 0.3) is 0 Å². The molecule has 0 fully saturated rings. The van der Waals surface area contributed by atoms with Gasteiger partial charge in [-0.05, 0) is 36.1 Å². The summed E-state index contributed by atoms with van der Waals surface area (Å²) in [5, 5.41) is 2.81. The van der Waals surface area contributed by atoms with Gasteiger partial charge in [0, 0.05) is 4.88 Å². The Kier molecular flexibility index (Phi) is 4.48. The minimum Gasteiger partial charge on any atom is -0.494 e. The number of hydrogen-bond acceptors (Lipinski definition) is 2. The average Bonchev–Trinajstić information content (AvgIpc) is 2.76. The predicted octanol–water partition coefficient (Wildman–Crippen LogP) is 5.28. The van der Waals surface area contributed by atoms with Crippen molar-refractivity contribution in [3.05, 3.63) is 51.2 Å². The molecular formula is C13H12BrClOS. The molecule has 90 valence electrons. The van der Waals surface area contributed by atoms with E-state index in [1.54, 1.807) is 11.3 Å². The van der Waals surface area contributed by atoms with Gasteiger partial charge in [0.2, 0.25) is 0 Å². The topological polar surface area (TPSA) is 9.23 Å². The van der Waals surface area contributed by atoms with Crippen LogP contribution >= 0.6 is 38.9 Å². The summed E-state index contributed by atoms with van der Waals surface area (Å²) in [5.41, 5.74) is 1.18. The average molecular weight is 332 g/mol. The number of hydrogen-bond donors (Lipinski definition) is 0. The first-order valence-electron chi connectivity index (χ1n) is 5.32. The molecular weight excluding hydrogens is 320 g/mol. The molecule has 2 aromatic rings. The first kappa shape index (κ1) is 12.9. The molecule has 0 bridgehead atoms. The normalized spacial score (nSPS) is 12.4. The number of alkyl halides is 1. The molecule has 1 unspecified atom stereocenters. The van der Waals surface area contributed by atoms with Crippen LogP contribution in [0.1, 0.15) is 22.2 Å². The van der Waals surface area contributed by atoms with Gasteiger partial charge in [-0.3, -0.25) is 0 Å². The molecule has 1 aromatic carbocycles. The van der Waals surface area contributed by atoms with Gasteiger partial charge in [-0.2, -0.15) is 0 Å². The van der Waals surface area contributed by atoms with E-state index < -0.39 is 0 Å². The lowest BCUT2D eigenvalue weighted by Crippen LogP contribution is -1.93. The van der Waals surface area contributed by atoms with Crippen LogP contribution in [0, 0.1) is 0 Å². The molecule has 0 N–H and O–H groups in total. The molecule has 2 rings (SSSR count). The Morgan fingerprint density at radius 2 is 2.00 bits per heavy atom. The summed E-state index contributed by atoms with van der Waals surface area (Å²) in [6.07, 6.45) is 0. The monoisotopic (exact) mass is 330 g/mol. The van der Waals surface area contributed by atoms with E-state index in [1.807, 2.05) is 30.5 Å². The third kappa shape index (κ3) is 3.03. The Bertz CT molecular complexity index is 480. The van der Waals surface area contributed by atoms with Crippen molar-refractivity contribution in [2.45, 2.75) is 11.8 Å². The number of rotatable bonds is 4. The van der Waals surface area contributed by atoms with E-state index in [1.165, 1.54) is 5.56 Å². The van der Waals surface area contributed by atoms with E-state index in [0.717, 1.165) is 15.6 Å². The van der Waals surface area contributed by atoms with Crippen molar-refractivity contribution in [1.29, 1.82) is 0 Å². The second-order valence-corrected chi connectivity index (χ2v) is 5.77. The molecule has 1 nitrogen and oxygen atoms in total. The second-order valence-electron chi connectivity index (χ2n) is 3.50. The van der Waals surface area contributed by atoms with Crippen LogP contribution in [0.2, 0.25) is 5.02 Å². The van der Waals surface area contributed by atoms with Crippen molar-refractivity contribution in [2.75, 3.05) is 6.61 Å². The number of benzene rings is 1. The summed E-state index contributed by atoms with van der Waals surface area (Å²) in [5.74, 6) is 0.897. The van der Waals surface area contributed by atoms with Gasteiger partial charge in [0.25, 0.3) is 0 Å². The second kappa shape index (κ2) is 5.89. The standard InChI is InChI=1S/C13H12BrClOS/c1-2-16-10-5-3-9(4-6-10)12(14)13-11(15)7-8-17-13/h3-8,12H,2H2,1H3. The number of thiophene rings is 1. The van der Waals surface area contributed by atoms with Gasteiger partial charge < -0.3 is 4.74 Å². The first-order chi connectivity index (χ1) is 8.22. The van der Waals surface area contributed by atoms with E-state index in [2.05, 4.69) is 28.1 Å². The van der Waals surface area contributed by atoms with Crippen LogP contribution in [0.3, 0.4) is 0 Å². The van der Waals surface area contributed by atoms with Crippen molar-refractivity contribution < 1.29 is 4.74 Å². The van der Waals surface area contributed by atoms with E-state index >= 15 is 0 Å². The van der Waals surface area contributed by atoms with E-state index in [0.29, 0.717) is 6.61 Å². The van der Waals surface area contributed by atoms with Gasteiger partial charge in [-0.1, -0.05) is 39.7 Å². The van der Waals surface area contributed by atoms with Crippen molar-refractivity contribution in [1.82, 2.24) is 0 Å². The Balaban J connectivity index is 2.20. The fourth-order valence-electron chi connectivity index (χ4n) is 1.54. The molecule has 0 radical (unpaired) electrons. The zero-order valence-electron chi connectivity index (χ0n) is 9.32. The fraction of sp³-hybridized carbons (Fsp3) is 0.231. The van der Waals surface area contributed by atoms with Gasteiger partial charge >= 0.3 is 0 Å². The zero-order chi connectivity index (χ0) is 12.3. The fourth-order valence-corrected chi connectivity index (χ4v) is 3.71. The van der Waals surface area contributed by atoms with Crippen molar-refractivity contribution in [3.63, 3.8) is 0 Å². The largest absolute Gasteiger partial charge is 0.494 e. The summed E-state index contributed by atoms with van der Waals surface area (Å²) >= 11 is 11.5. The maximum Gasteiger partial charge on any atom is 0.119 e. The summed E-state index contributed by atoms with van der Waals surface area (Å²) < 4.78 is 5.42. The highest BCUT2D eigenvalue weighted by atomic mass is 79.9. The lowest BCUT2D eigenvalue weighted by atomic mass is 10.1. The highest BCUT2D eigenvalue weighted by Gasteiger charge is 2.14. The van der Waals surface area contributed by atoms with Crippen molar-refractivity contribution in [2.24, 2.45) is 0 Å². The Morgan fingerprint density at radius 1 is 1.29 bits per heavy atom. The quantitative estimate of drug-likeness (QED) is 0.692. The van der Waals surface area contributed by atoms with Crippen LogP contribution in [-0.2, 0) is 0 Å². The molecule has 1 atom stereocenters. The lowest BCUT2D eigenvalue weighted by Gasteiger charge is -2.10. The first-order valence-corrected chi connectivity index (χ1v) is 7.49. The third-order valence-corrected chi connectivity index (χ3v) is 5.07. The molecule has 1 aromatic heterocycles. The van der Waals surface area contributed by atoms with Crippen LogP contribution in [0.15, 0.2) is 35.7 Å². The Labute approximate surface area is 119 Å². The lowest BCUT2D eigenvalue weighted by molar-refractivity contribution is 0.340. The minimum atomic E-state index is 0.144. The van der Waals surface area contributed by atoms with E-state index in [9.17, 15) is 0 Å². The molecule has 0 spiro atoms. The van der Waals surface area contributed by atoms with Gasteiger partial charge in [-0.25, -0.2) is 0 Å². The smallest absolute Gasteiger partial charge is 0.119 e. The van der Waals surface area contributed by atoms with Crippen molar-refractivity contribution in [3.8, 4) is 5.75 Å². The van der Waals surface area contributed by atoms with Gasteiger partial charge in [0.1, 0.15) is 5.75 Å². The minimum absolute atomic E-state index is 0.144. The molecule has 0 aliphatic rings. The van der Waals surface area contributed by atoms with E-state index in [-0.39, 0.29) is 4.83 Å². The maximum atomic E-state index is 6.12. The van der Waals surface area contributed by atoms with Crippen LogP contribution in [-0.4, -0.2) is 6.61 Å². The Morgan fingerprint density at radius 3 is 2.53 bits per heavy atom. The van der Waals surface area contributed by atoms with Gasteiger partial charge in [0.15, 0.2) is 0 Å². The number of ether oxygens (including phenoxy) is 1. The zero-order valence-corrected chi connectivity index (χ0v) is 12.5. The molecule has 0 saturated heterocycles. The maximum absolute atomic E-state index is 6.12. The molecule has 0 aliphatic carbocycles. The van der Waals surface area contributed by atoms with Crippen molar-refractivity contribution >= 4 is 38.9 Å². The summed E-state index contributed by atoms with van der Waals surface area (Å²) in [7, 11) is 0. The highest BCUT2D eigenvalue weighted by molar-refractivity contribution is 9.09. The Hall–Kier alpha value is -0.510. The highest BCUT2D eigenvalue weighted by Crippen LogP contribution is 2.38. The van der Waals surface area contributed by atoms with Crippen LogP contribution < -0.4 is 4.74 Å². The van der Waals surface area contributed by atoms with Gasteiger partial charge in [0.05, 0.1) is 16.5 Å². The summed E-state index contributed by atoms with van der Waals surface area (Å²) in [4.78, 5) is 1.28. The summed E-state index contributed by atoms with van der Waals surface area (Å²) in [6, 6.07) is 9.99. The molecule has 1 heterocycles. The summed E-state index contributed by atoms with van der Waals surface area (Å²) in [6.45, 7) is 2.67. The molecule has 17 heavy (non-hydrogen) atoms. The van der Waals surface area contributed by atoms with E-state index in [4.69, 9.17) is 16.3 Å². The molecule has 0 saturated carbocycles. The molecule has 0 amide bonds. The third-order valence-electron chi connectivity index (χ3n) is 2.36. The van der Waals surface area contributed by atoms with Crippen LogP contribution in [0.5, 0.6) is 5.75 Å². The number of halogens is 2.